The van der Waals surface area contributed by atoms with Crippen molar-refractivity contribution >= 4 is 50.0 Å². The topological polar surface area (TPSA) is 6.48 Å². The maximum Gasteiger partial charge on any atom is 0.0629 e. The third-order valence-corrected chi connectivity index (χ3v) is 13.2. The van der Waals surface area contributed by atoms with E-state index in [9.17, 15) is 0 Å². The van der Waals surface area contributed by atoms with E-state index in [1.165, 1.54) is 71.9 Å². The van der Waals surface area contributed by atoms with Crippen molar-refractivity contribution in [3.05, 3.63) is 260 Å². The minimum absolute atomic E-state index is 0.223. The number of anilines is 5. The highest BCUT2D eigenvalue weighted by molar-refractivity contribution is 6.01. The van der Waals surface area contributed by atoms with Crippen LogP contribution in [0.4, 0.5) is 28.4 Å². The molecule has 1 heterocycles. The number of hydrogen-bond donors (Lipinski definition) is 0. The van der Waals surface area contributed by atoms with Gasteiger partial charge in [-0.05, 0) is 109 Å². The highest BCUT2D eigenvalue weighted by Crippen LogP contribution is 2.50. The van der Waals surface area contributed by atoms with E-state index in [-0.39, 0.29) is 6.04 Å². The maximum atomic E-state index is 2.54. The van der Waals surface area contributed by atoms with E-state index in [1.807, 2.05) is 0 Å². The van der Waals surface area contributed by atoms with Crippen molar-refractivity contribution < 1.29 is 0 Å². The molecule has 2 atom stereocenters. The molecule has 0 radical (unpaired) electrons. The Hall–Kier alpha value is -8.20. The Bertz CT molecular complexity index is 3400. The van der Waals surface area contributed by atoms with Gasteiger partial charge in [-0.1, -0.05) is 206 Å². The predicted octanol–water partition coefficient (Wildman–Crippen LogP) is 16.9. The average molecular weight is 817 g/mol. The summed E-state index contributed by atoms with van der Waals surface area (Å²) in [7, 11) is 0. The van der Waals surface area contributed by atoms with Crippen LogP contribution in [0.15, 0.2) is 255 Å². The number of para-hydroxylation sites is 2. The second-order valence-corrected chi connectivity index (χ2v) is 16.8. The Morgan fingerprint density at radius 1 is 0.344 bits per heavy atom. The highest BCUT2D eigenvalue weighted by atomic mass is 15.2. The van der Waals surface area contributed by atoms with Crippen molar-refractivity contribution in [3.63, 3.8) is 0 Å². The minimum Gasteiger partial charge on any atom is -0.333 e. The summed E-state index contributed by atoms with van der Waals surface area (Å²) in [5.74, 6) is 0.320. The molecule has 2 heteroatoms. The zero-order valence-electron chi connectivity index (χ0n) is 35.3. The molecule has 0 bridgehead atoms. The van der Waals surface area contributed by atoms with Gasteiger partial charge in [-0.2, -0.15) is 0 Å². The summed E-state index contributed by atoms with van der Waals surface area (Å²) in [5, 5.41) is 4.96. The Balaban J connectivity index is 1.03. The quantitative estimate of drug-likeness (QED) is 0.151. The summed E-state index contributed by atoms with van der Waals surface area (Å²) in [6.45, 7) is 0. The van der Waals surface area contributed by atoms with Crippen LogP contribution >= 0.6 is 0 Å². The lowest BCUT2D eigenvalue weighted by molar-refractivity contribution is 0.745. The summed E-state index contributed by atoms with van der Waals surface area (Å²) in [4.78, 5) is 4.98. The Morgan fingerprint density at radius 2 is 0.891 bits per heavy atom. The first-order valence-electron chi connectivity index (χ1n) is 22.3. The Kier molecular flexibility index (Phi) is 9.34. The third-order valence-electron chi connectivity index (χ3n) is 13.2. The second-order valence-electron chi connectivity index (χ2n) is 16.8. The van der Waals surface area contributed by atoms with Gasteiger partial charge in [0.15, 0.2) is 0 Å². The number of hydrogen-bond acceptors (Lipinski definition) is 2. The van der Waals surface area contributed by atoms with Gasteiger partial charge in [-0.15, -0.1) is 0 Å². The molecule has 12 rings (SSSR count). The van der Waals surface area contributed by atoms with Crippen LogP contribution < -0.4 is 9.80 Å². The Labute approximate surface area is 375 Å². The lowest BCUT2D eigenvalue weighted by atomic mass is 9.91. The van der Waals surface area contributed by atoms with Crippen molar-refractivity contribution in [2.75, 3.05) is 9.80 Å². The van der Waals surface area contributed by atoms with Gasteiger partial charge in [0.2, 0.25) is 0 Å². The van der Waals surface area contributed by atoms with Gasteiger partial charge in [0, 0.05) is 39.8 Å². The Morgan fingerprint density at radius 3 is 1.66 bits per heavy atom. The molecule has 0 spiro atoms. The molecule has 302 valence electrons. The molecule has 0 aromatic heterocycles. The normalized spacial score (nSPS) is 15.0. The monoisotopic (exact) mass is 816 g/mol. The number of benzene rings is 10. The van der Waals surface area contributed by atoms with Gasteiger partial charge >= 0.3 is 0 Å². The molecule has 2 unspecified atom stereocenters. The van der Waals surface area contributed by atoms with Crippen LogP contribution in [0.2, 0.25) is 0 Å². The van der Waals surface area contributed by atoms with Crippen LogP contribution in [0.1, 0.15) is 11.5 Å². The minimum atomic E-state index is 0.223. The van der Waals surface area contributed by atoms with Crippen molar-refractivity contribution in [2.45, 2.75) is 12.0 Å². The van der Waals surface area contributed by atoms with E-state index in [4.69, 9.17) is 0 Å². The molecule has 0 saturated heterocycles. The largest absolute Gasteiger partial charge is 0.333 e. The molecule has 0 amide bonds. The van der Waals surface area contributed by atoms with Crippen molar-refractivity contribution in [2.24, 2.45) is 0 Å². The summed E-state index contributed by atoms with van der Waals surface area (Å²) in [6, 6.07) is 84.7. The van der Waals surface area contributed by atoms with Gasteiger partial charge < -0.3 is 9.80 Å². The molecule has 0 fully saturated rings. The molecule has 2 nitrogen and oxygen atoms in total. The number of allylic oxidation sites excluding steroid dienone is 2. The molecule has 2 aliphatic rings. The molecule has 0 N–H and O–H groups in total. The van der Waals surface area contributed by atoms with Gasteiger partial charge in [-0.25, -0.2) is 0 Å². The SMILES string of the molecule is C1=CC2c3ccccc3N(c3ccccc3-c3ccc(N(c4cccc(-c5cccc6ccccc56)c4)c4ccc(-c5cccc6ccccc56)cc4-c4ccccc4)cc3)C2C=C1. The van der Waals surface area contributed by atoms with Crippen LogP contribution in [-0.4, -0.2) is 6.04 Å². The summed E-state index contributed by atoms with van der Waals surface area (Å²) in [6.07, 6.45) is 9.09. The fourth-order valence-corrected chi connectivity index (χ4v) is 10.2. The van der Waals surface area contributed by atoms with Gasteiger partial charge in [-0.3, -0.25) is 0 Å². The molecule has 64 heavy (non-hydrogen) atoms. The molecule has 1 aliphatic heterocycles. The smallest absolute Gasteiger partial charge is 0.0629 e. The summed E-state index contributed by atoms with van der Waals surface area (Å²) in [5.41, 5.74) is 16.6. The fraction of sp³-hybridized carbons (Fsp3) is 0.0323. The number of rotatable bonds is 8. The summed E-state index contributed by atoms with van der Waals surface area (Å²) < 4.78 is 0. The van der Waals surface area contributed by atoms with Crippen LogP contribution in [0.25, 0.3) is 66.1 Å². The first-order chi connectivity index (χ1) is 31.8. The number of nitrogens with zero attached hydrogens (tertiary/aromatic N) is 2. The van der Waals surface area contributed by atoms with Crippen molar-refractivity contribution in [3.8, 4) is 44.5 Å². The third kappa shape index (κ3) is 6.51. The van der Waals surface area contributed by atoms with E-state index in [1.54, 1.807) is 0 Å². The average Bonchev–Trinajstić information content (AvgIpc) is 3.71. The fourth-order valence-electron chi connectivity index (χ4n) is 10.2. The molecule has 1 aliphatic carbocycles. The van der Waals surface area contributed by atoms with E-state index in [0.717, 1.165) is 28.2 Å². The molecular weight excluding hydrogens is 773 g/mol. The van der Waals surface area contributed by atoms with E-state index >= 15 is 0 Å². The van der Waals surface area contributed by atoms with Crippen LogP contribution in [0.3, 0.4) is 0 Å². The first-order valence-corrected chi connectivity index (χ1v) is 22.3. The lowest BCUT2D eigenvalue weighted by Gasteiger charge is -2.31. The highest BCUT2D eigenvalue weighted by Gasteiger charge is 2.38. The van der Waals surface area contributed by atoms with Crippen LogP contribution in [0.5, 0.6) is 0 Å². The predicted molar refractivity (Wildman–Crippen MR) is 271 cm³/mol. The van der Waals surface area contributed by atoms with E-state index in [2.05, 4.69) is 265 Å². The molecule has 10 aromatic rings. The number of fused-ring (bicyclic) bond motifs is 5. The van der Waals surface area contributed by atoms with E-state index in [0.29, 0.717) is 5.92 Å². The summed E-state index contributed by atoms with van der Waals surface area (Å²) >= 11 is 0. The first kappa shape index (κ1) is 37.6. The van der Waals surface area contributed by atoms with Crippen LogP contribution in [0, 0.1) is 0 Å². The molecule has 0 saturated carbocycles. The zero-order chi connectivity index (χ0) is 42.4. The second kappa shape index (κ2) is 15.9. The molecule has 10 aromatic carbocycles. The van der Waals surface area contributed by atoms with Gasteiger partial charge in [0.25, 0.3) is 0 Å². The van der Waals surface area contributed by atoms with Gasteiger partial charge in [0.1, 0.15) is 0 Å². The van der Waals surface area contributed by atoms with Crippen molar-refractivity contribution in [1.29, 1.82) is 0 Å². The lowest BCUT2D eigenvalue weighted by Crippen LogP contribution is -2.28. The zero-order valence-corrected chi connectivity index (χ0v) is 35.3. The standard InChI is InChI=1S/C62H44N2/c1-2-17-45(18-3-1)58-42-48(54-31-16-22-44-20-5-7-26-52(44)54)37-40-62(58)63(50-24-14-23-47(41-50)53-30-15-21-43-19-4-6-25-51(43)53)49-38-35-46(36-39-49)55-27-8-11-32-59(55)64-60-33-12-9-28-56(60)57-29-10-13-34-61(57)64/h1-42,56,60H. The van der Waals surface area contributed by atoms with E-state index < -0.39 is 0 Å². The van der Waals surface area contributed by atoms with Gasteiger partial charge in [0.05, 0.1) is 11.7 Å². The van der Waals surface area contributed by atoms with Crippen molar-refractivity contribution in [1.82, 2.24) is 0 Å². The van der Waals surface area contributed by atoms with Crippen LogP contribution in [-0.2, 0) is 0 Å². The maximum absolute atomic E-state index is 2.54. The molecular formula is C62H44N2.